The van der Waals surface area contributed by atoms with Crippen LogP contribution in [-0.2, 0) is 5.60 Å². The molecule has 3 aromatic heterocycles. The molecule has 2 N–H and O–H groups in total. The van der Waals surface area contributed by atoms with Crippen molar-refractivity contribution in [2.24, 2.45) is 0 Å². The Kier molecular flexibility index (Phi) is 4.25. The number of aliphatic hydroxyl groups is 1. The van der Waals surface area contributed by atoms with Crippen LogP contribution in [-0.4, -0.2) is 48.2 Å². The summed E-state index contributed by atoms with van der Waals surface area (Å²) in [6.07, 6.45) is 10.8. The number of carbonyl (C=O) groups excluding carboxylic acids is 1. The largest absolute Gasteiger partial charge is 0.382 e. The highest BCUT2D eigenvalue weighted by atomic mass is 32.1. The topological polar surface area (TPSA) is 95.0 Å². The number of piperidine rings is 2. The standard InChI is InChI=1S/C20H21N5O2S/c26-18(13-7-17(28-12-13)14-10-23-24-11-14)25-15-3-1-4-16(25)9-20(27,8-15)19-21-5-2-6-22-19/h2,5-7,10-12,15-16,27H,1,3-4,8-9H2,(H,23,24)/t15-,16+,20-. The molecule has 8 heteroatoms. The lowest BCUT2D eigenvalue weighted by atomic mass is 9.75. The molecular weight excluding hydrogens is 374 g/mol. The zero-order chi connectivity index (χ0) is 19.1. The maximum Gasteiger partial charge on any atom is 0.255 e. The smallest absolute Gasteiger partial charge is 0.255 e. The summed E-state index contributed by atoms with van der Waals surface area (Å²) in [4.78, 5) is 24.9. The van der Waals surface area contributed by atoms with Crippen LogP contribution < -0.4 is 0 Å². The van der Waals surface area contributed by atoms with Crippen molar-refractivity contribution in [2.75, 3.05) is 0 Å². The van der Waals surface area contributed by atoms with Crippen LogP contribution in [0.1, 0.15) is 48.3 Å². The number of H-pyrrole nitrogens is 1. The van der Waals surface area contributed by atoms with Crippen molar-refractivity contribution >= 4 is 17.2 Å². The third kappa shape index (κ3) is 2.93. The molecule has 0 radical (unpaired) electrons. The zero-order valence-corrected chi connectivity index (χ0v) is 16.1. The SMILES string of the molecule is O=C(c1csc(-c2cn[nH]c2)c1)N1[C@@H]2CCC[C@H]1C[C@@](O)(c1ncccn1)C2. The summed E-state index contributed by atoms with van der Waals surface area (Å²) < 4.78 is 0. The van der Waals surface area contributed by atoms with Crippen molar-refractivity contribution in [2.45, 2.75) is 49.8 Å². The second kappa shape index (κ2) is 6.79. The Morgan fingerprint density at radius 3 is 2.68 bits per heavy atom. The van der Waals surface area contributed by atoms with Crippen LogP contribution in [0, 0.1) is 0 Å². The molecule has 3 aromatic rings. The first kappa shape index (κ1) is 17.5. The van der Waals surface area contributed by atoms with E-state index in [9.17, 15) is 9.90 Å². The van der Waals surface area contributed by atoms with Gasteiger partial charge in [-0.05, 0) is 31.4 Å². The third-order valence-electron chi connectivity index (χ3n) is 5.85. The molecule has 144 valence electrons. The molecule has 0 aliphatic carbocycles. The van der Waals surface area contributed by atoms with Crippen LogP contribution >= 0.6 is 11.3 Å². The van der Waals surface area contributed by atoms with Gasteiger partial charge in [-0.15, -0.1) is 11.3 Å². The van der Waals surface area contributed by atoms with Crippen molar-refractivity contribution in [3.8, 4) is 10.4 Å². The van der Waals surface area contributed by atoms with Crippen molar-refractivity contribution in [3.63, 3.8) is 0 Å². The molecule has 2 aliphatic rings. The zero-order valence-electron chi connectivity index (χ0n) is 15.3. The van der Waals surface area contributed by atoms with E-state index in [1.807, 2.05) is 22.5 Å². The fraction of sp³-hybridized carbons (Fsp3) is 0.400. The first-order valence-electron chi connectivity index (χ1n) is 9.54. The van der Waals surface area contributed by atoms with Gasteiger partial charge >= 0.3 is 0 Å². The van der Waals surface area contributed by atoms with E-state index in [1.165, 1.54) is 0 Å². The summed E-state index contributed by atoms with van der Waals surface area (Å²) in [7, 11) is 0. The van der Waals surface area contributed by atoms with Crippen molar-refractivity contribution < 1.29 is 9.90 Å². The maximum atomic E-state index is 13.3. The van der Waals surface area contributed by atoms with Crippen LogP contribution in [0.5, 0.6) is 0 Å². The van der Waals surface area contributed by atoms with Gasteiger partial charge in [0.2, 0.25) is 0 Å². The van der Waals surface area contributed by atoms with Gasteiger partial charge in [0, 0.05) is 59.3 Å². The lowest BCUT2D eigenvalue weighted by Crippen LogP contribution is -2.59. The minimum atomic E-state index is -1.07. The van der Waals surface area contributed by atoms with E-state index >= 15 is 0 Å². The highest BCUT2D eigenvalue weighted by Gasteiger charge is 2.49. The average Bonchev–Trinajstić information content (AvgIpc) is 3.39. The molecule has 0 aromatic carbocycles. The summed E-state index contributed by atoms with van der Waals surface area (Å²) in [5.41, 5.74) is 0.627. The predicted octanol–water partition coefficient (Wildman–Crippen LogP) is 2.97. The van der Waals surface area contributed by atoms with Gasteiger partial charge in [-0.3, -0.25) is 9.89 Å². The molecule has 28 heavy (non-hydrogen) atoms. The van der Waals surface area contributed by atoms with Crippen LogP contribution in [0.2, 0.25) is 0 Å². The quantitative estimate of drug-likeness (QED) is 0.711. The van der Waals surface area contributed by atoms with E-state index < -0.39 is 5.60 Å². The van der Waals surface area contributed by atoms with Gasteiger partial charge in [-0.25, -0.2) is 9.97 Å². The van der Waals surface area contributed by atoms with E-state index in [-0.39, 0.29) is 18.0 Å². The maximum absolute atomic E-state index is 13.3. The van der Waals surface area contributed by atoms with E-state index in [4.69, 9.17) is 0 Å². The number of hydrogen-bond acceptors (Lipinski definition) is 6. The van der Waals surface area contributed by atoms with Gasteiger partial charge in [0.1, 0.15) is 5.60 Å². The van der Waals surface area contributed by atoms with E-state index in [0.29, 0.717) is 24.2 Å². The first-order valence-corrected chi connectivity index (χ1v) is 10.4. The first-order chi connectivity index (χ1) is 13.6. The van der Waals surface area contributed by atoms with Crippen LogP contribution in [0.4, 0.5) is 0 Å². The normalized spacial score (nSPS) is 27.0. The molecule has 2 fully saturated rings. The van der Waals surface area contributed by atoms with Gasteiger partial charge < -0.3 is 10.0 Å². The number of amides is 1. The van der Waals surface area contributed by atoms with Crippen LogP contribution in [0.15, 0.2) is 42.3 Å². The van der Waals surface area contributed by atoms with E-state index in [0.717, 1.165) is 29.7 Å². The number of nitrogens with one attached hydrogen (secondary N) is 1. The molecule has 3 atom stereocenters. The fourth-order valence-corrected chi connectivity index (χ4v) is 5.48. The molecule has 2 bridgehead atoms. The summed E-state index contributed by atoms with van der Waals surface area (Å²) in [5, 5.41) is 20.0. The molecular formula is C20H21N5O2S. The average molecular weight is 395 g/mol. The Balaban J connectivity index is 1.41. The predicted molar refractivity (Wildman–Crippen MR) is 105 cm³/mol. The Hall–Kier alpha value is -2.58. The molecule has 7 nitrogen and oxygen atoms in total. The van der Waals surface area contributed by atoms with Gasteiger partial charge in [0.15, 0.2) is 5.82 Å². The van der Waals surface area contributed by atoms with Crippen molar-refractivity contribution in [1.29, 1.82) is 0 Å². The summed E-state index contributed by atoms with van der Waals surface area (Å²) in [6.45, 7) is 0. The number of aromatic nitrogens is 4. The number of fused-ring (bicyclic) bond motifs is 2. The lowest BCUT2D eigenvalue weighted by molar-refractivity contribution is -0.0877. The molecule has 5 heterocycles. The second-order valence-electron chi connectivity index (χ2n) is 7.65. The highest BCUT2D eigenvalue weighted by Crippen LogP contribution is 2.44. The monoisotopic (exact) mass is 395 g/mol. The fourth-order valence-electron chi connectivity index (χ4n) is 4.62. The van der Waals surface area contributed by atoms with Crippen LogP contribution in [0.3, 0.4) is 0 Å². The summed E-state index contributed by atoms with van der Waals surface area (Å²) >= 11 is 1.55. The third-order valence-corrected chi connectivity index (χ3v) is 6.83. The number of thiophene rings is 1. The Morgan fingerprint density at radius 1 is 1.25 bits per heavy atom. The Labute approximate surface area is 166 Å². The number of hydrogen-bond donors (Lipinski definition) is 2. The number of rotatable bonds is 3. The Morgan fingerprint density at radius 2 is 2.00 bits per heavy atom. The van der Waals surface area contributed by atoms with E-state index in [2.05, 4.69) is 20.2 Å². The molecule has 2 aliphatic heterocycles. The molecule has 1 amide bonds. The van der Waals surface area contributed by atoms with Gasteiger partial charge in [-0.1, -0.05) is 0 Å². The highest BCUT2D eigenvalue weighted by molar-refractivity contribution is 7.13. The molecule has 2 saturated heterocycles. The lowest BCUT2D eigenvalue weighted by Gasteiger charge is -2.51. The summed E-state index contributed by atoms with van der Waals surface area (Å²) in [5.74, 6) is 0.522. The molecule has 5 rings (SSSR count). The van der Waals surface area contributed by atoms with Gasteiger partial charge in [-0.2, -0.15) is 5.10 Å². The molecule has 0 spiro atoms. The summed E-state index contributed by atoms with van der Waals surface area (Å²) in [6, 6.07) is 3.70. The molecule has 0 saturated carbocycles. The molecule has 0 unspecified atom stereocenters. The second-order valence-corrected chi connectivity index (χ2v) is 8.56. The van der Waals surface area contributed by atoms with Crippen molar-refractivity contribution in [3.05, 3.63) is 53.7 Å². The minimum Gasteiger partial charge on any atom is -0.382 e. The van der Waals surface area contributed by atoms with Gasteiger partial charge in [0.25, 0.3) is 5.91 Å². The van der Waals surface area contributed by atoms with Gasteiger partial charge in [0.05, 0.1) is 11.8 Å². The number of carbonyl (C=O) groups is 1. The minimum absolute atomic E-state index is 0.00563. The number of nitrogens with zero attached hydrogens (tertiary/aromatic N) is 4. The Bertz CT molecular complexity index is 958. The number of aromatic amines is 1. The van der Waals surface area contributed by atoms with Crippen molar-refractivity contribution in [1.82, 2.24) is 25.1 Å². The van der Waals surface area contributed by atoms with Crippen LogP contribution in [0.25, 0.3) is 10.4 Å². The van der Waals surface area contributed by atoms with E-state index in [1.54, 1.807) is 36.0 Å².